The second-order valence-electron chi connectivity index (χ2n) is 10.4. The average Bonchev–Trinajstić information content (AvgIpc) is 3.14. The third kappa shape index (κ3) is 4.67. The first-order chi connectivity index (χ1) is 18.0. The Kier molecular flexibility index (Phi) is 7.18. The number of nitrogens with one attached hydrogen (secondary N) is 1. The van der Waals surface area contributed by atoms with Gasteiger partial charge in [0.05, 0.1) is 11.1 Å². The van der Waals surface area contributed by atoms with Crippen LogP contribution in [-0.2, 0) is 24.6 Å². The number of hydrogen-bond acceptors (Lipinski definition) is 5. The molecule has 3 atom stereocenters. The van der Waals surface area contributed by atoms with Crippen LogP contribution in [-0.4, -0.2) is 20.0 Å². The highest BCUT2D eigenvalue weighted by Crippen LogP contribution is 2.59. The minimum atomic E-state index is -4.09. The van der Waals surface area contributed by atoms with Crippen LogP contribution in [0.25, 0.3) is 0 Å². The van der Waals surface area contributed by atoms with Crippen molar-refractivity contribution in [3.63, 3.8) is 0 Å². The Morgan fingerprint density at radius 2 is 1.82 bits per heavy atom. The molecule has 3 aromatic rings. The minimum absolute atomic E-state index is 0.0428. The maximum absolute atomic E-state index is 14.0. The monoisotopic (exact) mass is 614 g/mol. The first-order valence-electron chi connectivity index (χ1n) is 12.5. The van der Waals surface area contributed by atoms with Crippen molar-refractivity contribution in [2.75, 3.05) is 5.32 Å². The molecule has 1 N–H and O–H groups in total. The zero-order valence-corrected chi connectivity index (χ0v) is 24.4. The van der Waals surface area contributed by atoms with E-state index in [1.54, 1.807) is 18.2 Å². The standard InChI is InChI=1S/C29H28BrClN2O4S/c1-17(2)25-15-22(33-37-38(35,36)23-10-7-18(3)8-11-23)16-26(19-5-4-6-21(31)13-19)29(25)24-12-9-20(30)14-27(24)32-28(29)34/h4-14,17,25-26H,15-16H2,1-3H3,(H,32,34)/b33-22-/t25-,26+,29-/m1/s1. The van der Waals surface area contributed by atoms with Gasteiger partial charge in [-0.15, -0.1) is 0 Å². The zero-order chi connectivity index (χ0) is 27.2. The molecule has 1 fully saturated rings. The zero-order valence-electron chi connectivity index (χ0n) is 21.2. The van der Waals surface area contributed by atoms with Crippen molar-refractivity contribution in [2.45, 2.75) is 49.8 Å². The summed E-state index contributed by atoms with van der Waals surface area (Å²) in [6.45, 7) is 6.05. The van der Waals surface area contributed by atoms with Crippen molar-refractivity contribution < 1.29 is 17.5 Å². The number of amides is 1. The largest absolute Gasteiger partial charge is 0.358 e. The van der Waals surface area contributed by atoms with Crippen molar-refractivity contribution in [1.29, 1.82) is 0 Å². The molecule has 198 valence electrons. The van der Waals surface area contributed by atoms with Crippen molar-refractivity contribution in [2.24, 2.45) is 17.0 Å². The van der Waals surface area contributed by atoms with Gasteiger partial charge in [0.2, 0.25) is 5.91 Å². The number of carbonyl (C=O) groups is 1. The third-order valence-corrected chi connectivity index (χ3v) is 9.56. The molecule has 1 saturated carbocycles. The number of fused-ring (bicyclic) bond motifs is 2. The Labute approximate surface area is 236 Å². The van der Waals surface area contributed by atoms with Gasteiger partial charge in [-0.2, -0.15) is 8.42 Å². The molecular weight excluding hydrogens is 588 g/mol. The minimum Gasteiger partial charge on any atom is -0.325 e. The first-order valence-corrected chi connectivity index (χ1v) is 15.0. The van der Waals surface area contributed by atoms with Gasteiger partial charge in [-0.05, 0) is 79.1 Å². The van der Waals surface area contributed by atoms with Crippen LogP contribution in [0.2, 0.25) is 5.02 Å². The molecule has 0 aromatic heterocycles. The van der Waals surface area contributed by atoms with E-state index in [9.17, 15) is 13.2 Å². The molecule has 1 heterocycles. The molecule has 0 radical (unpaired) electrons. The summed E-state index contributed by atoms with van der Waals surface area (Å²) in [5, 5.41) is 7.88. The number of halogens is 2. The third-order valence-electron chi connectivity index (χ3n) is 7.71. The van der Waals surface area contributed by atoms with E-state index in [0.717, 1.165) is 26.9 Å². The molecule has 1 aliphatic heterocycles. The molecule has 1 aliphatic carbocycles. The summed E-state index contributed by atoms with van der Waals surface area (Å²) in [5.41, 5.74) is 3.25. The van der Waals surface area contributed by atoms with Gasteiger partial charge in [-0.25, -0.2) is 0 Å². The van der Waals surface area contributed by atoms with E-state index in [-0.39, 0.29) is 28.6 Å². The number of anilines is 1. The van der Waals surface area contributed by atoms with Crippen LogP contribution >= 0.6 is 27.5 Å². The van der Waals surface area contributed by atoms with Gasteiger partial charge in [0, 0.05) is 21.1 Å². The Morgan fingerprint density at radius 3 is 2.50 bits per heavy atom. The van der Waals surface area contributed by atoms with Gasteiger partial charge >= 0.3 is 10.1 Å². The van der Waals surface area contributed by atoms with Crippen LogP contribution in [0.1, 0.15) is 49.3 Å². The van der Waals surface area contributed by atoms with Crippen LogP contribution in [0.4, 0.5) is 5.69 Å². The fourth-order valence-electron chi connectivity index (χ4n) is 5.99. The van der Waals surface area contributed by atoms with E-state index in [1.165, 1.54) is 12.1 Å². The summed E-state index contributed by atoms with van der Waals surface area (Å²) in [4.78, 5) is 14.1. The van der Waals surface area contributed by atoms with Crippen molar-refractivity contribution in [1.82, 2.24) is 0 Å². The molecule has 0 unspecified atom stereocenters. The Balaban J connectivity index is 1.62. The van der Waals surface area contributed by atoms with E-state index in [1.807, 2.05) is 43.3 Å². The number of benzene rings is 3. The van der Waals surface area contributed by atoms with Crippen molar-refractivity contribution in [3.05, 3.63) is 92.9 Å². The van der Waals surface area contributed by atoms with E-state index in [4.69, 9.17) is 15.9 Å². The molecule has 9 heteroatoms. The van der Waals surface area contributed by atoms with Crippen LogP contribution in [0.3, 0.4) is 0 Å². The first kappa shape index (κ1) is 26.9. The van der Waals surface area contributed by atoms with Gasteiger partial charge in [0.1, 0.15) is 4.90 Å². The van der Waals surface area contributed by atoms with Crippen molar-refractivity contribution >= 4 is 55.0 Å². The predicted octanol–water partition coefficient (Wildman–Crippen LogP) is 7.21. The average molecular weight is 616 g/mol. The molecule has 1 spiro atoms. The topological polar surface area (TPSA) is 84.8 Å². The number of oxime groups is 1. The lowest BCUT2D eigenvalue weighted by Crippen LogP contribution is -2.53. The highest BCUT2D eigenvalue weighted by atomic mass is 79.9. The summed E-state index contributed by atoms with van der Waals surface area (Å²) in [6, 6.07) is 19.8. The number of aryl methyl sites for hydroxylation is 1. The maximum atomic E-state index is 14.0. The van der Waals surface area contributed by atoms with Gasteiger partial charge < -0.3 is 5.32 Å². The lowest BCUT2D eigenvalue weighted by Gasteiger charge is -2.48. The molecule has 38 heavy (non-hydrogen) atoms. The van der Waals surface area contributed by atoms with E-state index >= 15 is 0 Å². The van der Waals surface area contributed by atoms with Crippen molar-refractivity contribution in [3.8, 4) is 0 Å². The molecule has 1 amide bonds. The van der Waals surface area contributed by atoms with Crippen LogP contribution in [0, 0.1) is 18.8 Å². The molecule has 5 rings (SSSR count). The number of carbonyl (C=O) groups excluding carboxylic acids is 1. The fraction of sp³-hybridized carbons (Fsp3) is 0.310. The van der Waals surface area contributed by atoms with E-state index < -0.39 is 15.5 Å². The Bertz CT molecular complexity index is 1540. The molecule has 0 saturated heterocycles. The summed E-state index contributed by atoms with van der Waals surface area (Å²) in [7, 11) is -4.09. The maximum Gasteiger partial charge on any atom is 0.358 e. The molecule has 2 aliphatic rings. The summed E-state index contributed by atoms with van der Waals surface area (Å²) >= 11 is 9.93. The van der Waals surface area contributed by atoms with Crippen LogP contribution in [0.15, 0.2) is 81.3 Å². The Hall–Kier alpha value is -2.68. The lowest BCUT2D eigenvalue weighted by molar-refractivity contribution is -0.125. The van der Waals surface area contributed by atoms with Gasteiger partial charge in [0.15, 0.2) is 0 Å². The lowest BCUT2D eigenvalue weighted by atomic mass is 9.53. The summed E-state index contributed by atoms with van der Waals surface area (Å²) in [5.74, 6) is -0.501. The van der Waals surface area contributed by atoms with Crippen LogP contribution < -0.4 is 5.32 Å². The quantitative estimate of drug-likeness (QED) is 0.307. The fourth-order valence-corrected chi connectivity index (χ4v) is 7.30. The predicted molar refractivity (Wildman–Crippen MR) is 153 cm³/mol. The molecule has 6 nitrogen and oxygen atoms in total. The second-order valence-corrected chi connectivity index (χ2v) is 13.3. The SMILES string of the molecule is Cc1ccc(S(=O)(=O)O/N=C2/C[C@H](C(C)C)[C@@]3(C(=O)Nc4cc(Br)ccc43)[C@H](c3cccc(Cl)c3)C2)cc1. The highest BCUT2D eigenvalue weighted by molar-refractivity contribution is 9.10. The number of rotatable bonds is 5. The smallest absolute Gasteiger partial charge is 0.325 e. The summed E-state index contributed by atoms with van der Waals surface area (Å²) in [6.07, 6.45) is 0.761. The summed E-state index contributed by atoms with van der Waals surface area (Å²) < 4.78 is 31.9. The van der Waals surface area contributed by atoms with E-state index in [2.05, 4.69) is 40.2 Å². The van der Waals surface area contributed by atoms with Crippen LogP contribution in [0.5, 0.6) is 0 Å². The second kappa shape index (κ2) is 10.1. The highest BCUT2D eigenvalue weighted by Gasteiger charge is 2.60. The Morgan fingerprint density at radius 1 is 1.08 bits per heavy atom. The number of hydrogen-bond donors (Lipinski definition) is 1. The van der Waals surface area contributed by atoms with E-state index in [0.29, 0.717) is 23.6 Å². The van der Waals surface area contributed by atoms with Gasteiger partial charge in [0.25, 0.3) is 0 Å². The normalized spacial score (nSPS) is 24.1. The molecular formula is C29H28BrClN2O4S. The molecule has 0 bridgehead atoms. The molecule has 3 aromatic carbocycles. The number of nitrogens with zero attached hydrogens (tertiary/aromatic N) is 1. The van der Waals surface area contributed by atoms with Gasteiger partial charge in [-0.3, -0.25) is 9.08 Å². The van der Waals surface area contributed by atoms with Gasteiger partial charge in [-0.1, -0.05) is 82.4 Å².